The normalized spacial score (nSPS) is 17.4. The number of piperazine rings is 1. The highest BCUT2D eigenvalue weighted by atomic mass is 19.4. The largest absolute Gasteiger partial charge is 0.437 e. The zero-order valence-corrected chi connectivity index (χ0v) is 26.4. The third kappa shape index (κ3) is 6.07. The zero-order valence-electron chi connectivity index (χ0n) is 26.4. The smallest absolute Gasteiger partial charge is 0.417 e. The maximum Gasteiger partial charge on any atom is 0.417 e. The predicted molar refractivity (Wildman–Crippen MR) is 172 cm³/mol. The molecule has 2 aliphatic heterocycles. The summed E-state index contributed by atoms with van der Waals surface area (Å²) in [6, 6.07) is 7.92. The molecule has 7 rings (SSSR count). The maximum absolute atomic E-state index is 14.2. The SMILES string of the molecule is CCC1CN(C(=O)Cc2cnc3c(N4CCN(C)CC4)ccc(C(F)(F)F)c3c2)Cc2cc(Oc3ncnc4[nH]c(C)cc34)cnc21. The number of aryl methyl sites for hydroxylation is 1. The van der Waals surface area contributed by atoms with Gasteiger partial charge in [0.2, 0.25) is 11.8 Å². The van der Waals surface area contributed by atoms with Crippen LogP contribution >= 0.6 is 0 Å². The number of benzene rings is 1. The van der Waals surface area contributed by atoms with E-state index in [2.05, 4.69) is 29.7 Å². The quantitative estimate of drug-likeness (QED) is 0.246. The highest BCUT2D eigenvalue weighted by Gasteiger charge is 2.34. The van der Waals surface area contributed by atoms with E-state index in [1.165, 1.54) is 24.7 Å². The number of aromatic nitrogens is 5. The number of hydrogen-bond donors (Lipinski definition) is 1. The predicted octanol–water partition coefficient (Wildman–Crippen LogP) is 5.85. The van der Waals surface area contributed by atoms with E-state index in [4.69, 9.17) is 9.72 Å². The zero-order chi connectivity index (χ0) is 32.9. The van der Waals surface area contributed by atoms with E-state index in [9.17, 15) is 18.0 Å². The first-order chi connectivity index (χ1) is 22.6. The van der Waals surface area contributed by atoms with Gasteiger partial charge in [0, 0.05) is 62.5 Å². The van der Waals surface area contributed by atoms with E-state index in [0.717, 1.165) is 47.9 Å². The van der Waals surface area contributed by atoms with Gasteiger partial charge in [-0.05, 0) is 61.9 Å². The van der Waals surface area contributed by atoms with Gasteiger partial charge in [-0.1, -0.05) is 6.92 Å². The number of carbonyl (C=O) groups excluding carboxylic acids is 1. The molecule has 0 spiro atoms. The topological polar surface area (TPSA) is 103 Å². The van der Waals surface area contributed by atoms with Crippen LogP contribution in [0.3, 0.4) is 0 Å². The molecule has 1 aromatic carbocycles. The van der Waals surface area contributed by atoms with Crippen molar-refractivity contribution in [3.8, 4) is 11.6 Å². The van der Waals surface area contributed by atoms with Crippen LogP contribution in [-0.2, 0) is 23.9 Å². The van der Waals surface area contributed by atoms with E-state index in [-0.39, 0.29) is 23.6 Å². The van der Waals surface area contributed by atoms with Crippen LogP contribution in [0.1, 0.15) is 47.3 Å². The number of ether oxygens (including phenoxy) is 1. The van der Waals surface area contributed by atoms with Crippen molar-refractivity contribution in [1.82, 2.24) is 34.7 Å². The molecule has 10 nitrogen and oxygen atoms in total. The Morgan fingerprint density at radius 2 is 1.83 bits per heavy atom. The minimum Gasteiger partial charge on any atom is -0.437 e. The third-order valence-electron chi connectivity index (χ3n) is 9.14. The first-order valence-corrected chi connectivity index (χ1v) is 15.7. The molecule has 5 aromatic rings. The number of anilines is 1. The van der Waals surface area contributed by atoms with Crippen molar-refractivity contribution in [2.24, 2.45) is 0 Å². The number of likely N-dealkylation sites (N-methyl/N-ethyl adjacent to an activating group) is 1. The number of alkyl halides is 3. The lowest BCUT2D eigenvalue weighted by molar-refractivity contribution is -0.136. The fraction of sp³-hybridized carbons (Fsp3) is 0.382. The lowest BCUT2D eigenvalue weighted by Crippen LogP contribution is -2.44. The molecule has 244 valence electrons. The average molecular weight is 645 g/mol. The highest BCUT2D eigenvalue weighted by molar-refractivity contribution is 5.94. The average Bonchev–Trinajstić information content (AvgIpc) is 3.44. The molecule has 0 bridgehead atoms. The van der Waals surface area contributed by atoms with E-state index in [1.807, 2.05) is 33.0 Å². The van der Waals surface area contributed by atoms with Gasteiger partial charge in [0.1, 0.15) is 17.7 Å². The summed E-state index contributed by atoms with van der Waals surface area (Å²) in [6.07, 6.45) is 0.772. The molecule has 13 heteroatoms. The molecular formula is C34H35F3N8O2. The number of aromatic amines is 1. The summed E-state index contributed by atoms with van der Waals surface area (Å²) in [5.74, 6) is 0.703. The number of nitrogens with one attached hydrogen (secondary N) is 1. The van der Waals surface area contributed by atoms with Crippen LogP contribution in [0.5, 0.6) is 11.6 Å². The Kier molecular flexibility index (Phi) is 7.95. The summed E-state index contributed by atoms with van der Waals surface area (Å²) in [7, 11) is 2.03. The summed E-state index contributed by atoms with van der Waals surface area (Å²) in [5.41, 5.74) is 4.03. The fourth-order valence-corrected chi connectivity index (χ4v) is 6.61. The number of fused-ring (bicyclic) bond motifs is 3. The number of pyridine rings is 2. The first kappa shape index (κ1) is 30.9. The van der Waals surface area contributed by atoms with Gasteiger partial charge in [0.05, 0.1) is 40.5 Å². The Hall–Kier alpha value is -4.78. The van der Waals surface area contributed by atoms with Crippen molar-refractivity contribution < 1.29 is 22.7 Å². The van der Waals surface area contributed by atoms with E-state index in [0.29, 0.717) is 60.2 Å². The molecule has 0 radical (unpaired) electrons. The van der Waals surface area contributed by atoms with Crippen molar-refractivity contribution in [2.45, 2.75) is 45.3 Å². The number of rotatable bonds is 6. The molecule has 0 aliphatic carbocycles. The van der Waals surface area contributed by atoms with Crippen LogP contribution in [0.15, 0.2) is 49.1 Å². The van der Waals surface area contributed by atoms with Gasteiger partial charge in [-0.15, -0.1) is 0 Å². The third-order valence-corrected chi connectivity index (χ3v) is 9.14. The van der Waals surface area contributed by atoms with Gasteiger partial charge in [-0.3, -0.25) is 14.8 Å². The Bertz CT molecular complexity index is 1970. The van der Waals surface area contributed by atoms with Crippen molar-refractivity contribution >= 4 is 33.5 Å². The van der Waals surface area contributed by atoms with Crippen LogP contribution in [-0.4, -0.2) is 80.4 Å². The summed E-state index contributed by atoms with van der Waals surface area (Å²) in [4.78, 5) is 40.7. The second kappa shape index (κ2) is 12.1. The van der Waals surface area contributed by atoms with Crippen LogP contribution < -0.4 is 9.64 Å². The number of H-pyrrole nitrogens is 1. The van der Waals surface area contributed by atoms with Crippen molar-refractivity contribution in [3.63, 3.8) is 0 Å². The van der Waals surface area contributed by atoms with E-state index in [1.54, 1.807) is 11.1 Å². The minimum atomic E-state index is -4.56. The maximum atomic E-state index is 14.2. The molecule has 47 heavy (non-hydrogen) atoms. The highest BCUT2D eigenvalue weighted by Crippen LogP contribution is 2.39. The summed E-state index contributed by atoms with van der Waals surface area (Å²) in [6.45, 7) is 7.77. The number of amides is 1. The van der Waals surface area contributed by atoms with Gasteiger partial charge in [-0.2, -0.15) is 13.2 Å². The number of carbonyl (C=O) groups is 1. The molecule has 0 saturated carbocycles. The molecular weight excluding hydrogens is 609 g/mol. The Morgan fingerprint density at radius 1 is 1.02 bits per heavy atom. The Labute approximate surface area is 269 Å². The molecule has 1 fully saturated rings. The van der Waals surface area contributed by atoms with Gasteiger partial charge in [0.15, 0.2) is 0 Å². The fourth-order valence-electron chi connectivity index (χ4n) is 6.61. The molecule has 1 amide bonds. The van der Waals surface area contributed by atoms with Crippen LogP contribution in [0.25, 0.3) is 21.9 Å². The molecule has 1 atom stereocenters. The van der Waals surface area contributed by atoms with Crippen molar-refractivity contribution in [2.75, 3.05) is 44.7 Å². The molecule has 1 N–H and O–H groups in total. The molecule has 2 aliphatic rings. The number of hydrogen-bond acceptors (Lipinski definition) is 8. The van der Waals surface area contributed by atoms with Crippen LogP contribution in [0.2, 0.25) is 0 Å². The summed E-state index contributed by atoms with van der Waals surface area (Å²) < 4.78 is 48.6. The van der Waals surface area contributed by atoms with Crippen LogP contribution in [0.4, 0.5) is 18.9 Å². The molecule has 4 aromatic heterocycles. The van der Waals surface area contributed by atoms with Gasteiger partial charge >= 0.3 is 6.18 Å². The summed E-state index contributed by atoms with van der Waals surface area (Å²) >= 11 is 0. The van der Waals surface area contributed by atoms with E-state index >= 15 is 0 Å². The van der Waals surface area contributed by atoms with E-state index < -0.39 is 11.7 Å². The van der Waals surface area contributed by atoms with Crippen molar-refractivity contribution in [3.05, 3.63) is 77.1 Å². The monoisotopic (exact) mass is 644 g/mol. The summed E-state index contributed by atoms with van der Waals surface area (Å²) in [5, 5.41) is 0.761. The van der Waals surface area contributed by atoms with Crippen molar-refractivity contribution in [1.29, 1.82) is 0 Å². The molecule has 6 heterocycles. The number of halogens is 3. The van der Waals surface area contributed by atoms with Gasteiger partial charge < -0.3 is 24.4 Å². The Morgan fingerprint density at radius 3 is 2.60 bits per heavy atom. The lowest BCUT2D eigenvalue weighted by atomic mass is 9.92. The first-order valence-electron chi connectivity index (χ1n) is 15.7. The second-order valence-electron chi connectivity index (χ2n) is 12.4. The van der Waals surface area contributed by atoms with Gasteiger partial charge in [-0.25, -0.2) is 9.97 Å². The standard InChI is InChI=1S/C34H35F3N8O2/c1-4-22-17-45(18-23-14-24(16-39-30(22)23)47-33-26-11-20(2)42-32(26)40-19-41-33)29(46)13-21-12-25-27(34(35,36)37)5-6-28(31(25)38-15-21)44-9-7-43(3)8-10-44/h5-6,11-12,14-16,19,22H,4,7-10,13,17-18H2,1-3H3,(H,40,41,42). The second-order valence-corrected chi connectivity index (χ2v) is 12.4. The Balaban J connectivity index is 1.14. The number of nitrogens with zero attached hydrogens (tertiary/aromatic N) is 7. The lowest BCUT2D eigenvalue weighted by Gasteiger charge is -2.34. The minimum absolute atomic E-state index is 0.00698. The molecule has 1 saturated heterocycles. The molecule has 1 unspecified atom stereocenters. The van der Waals surface area contributed by atoms with Crippen LogP contribution in [0, 0.1) is 6.92 Å². The van der Waals surface area contributed by atoms with Gasteiger partial charge in [0.25, 0.3) is 0 Å².